The average molecular weight is 414 g/mol. The zero-order chi connectivity index (χ0) is 19.9. The SMILES string of the molecule is C[C@@H](NC(=O)COc1ccccc1Cc1ccccc1)c1ccc(Cl)cc1Cl. The fourth-order valence-corrected chi connectivity index (χ4v) is 3.54. The quantitative estimate of drug-likeness (QED) is 0.528. The van der Waals surface area contributed by atoms with E-state index in [1.165, 1.54) is 5.56 Å². The molecule has 28 heavy (non-hydrogen) atoms. The van der Waals surface area contributed by atoms with E-state index < -0.39 is 0 Å². The van der Waals surface area contributed by atoms with Crippen LogP contribution in [0.15, 0.2) is 72.8 Å². The van der Waals surface area contributed by atoms with Crippen molar-refractivity contribution in [2.24, 2.45) is 0 Å². The van der Waals surface area contributed by atoms with Crippen LogP contribution < -0.4 is 10.1 Å². The maximum atomic E-state index is 12.3. The minimum absolute atomic E-state index is 0.0681. The second-order valence-electron chi connectivity index (χ2n) is 6.51. The number of para-hydroxylation sites is 1. The lowest BCUT2D eigenvalue weighted by molar-refractivity contribution is -0.123. The Morgan fingerprint density at radius 3 is 2.46 bits per heavy atom. The molecule has 0 aromatic heterocycles. The van der Waals surface area contributed by atoms with Gasteiger partial charge in [0.15, 0.2) is 6.61 Å². The molecule has 1 amide bonds. The summed E-state index contributed by atoms with van der Waals surface area (Å²) in [7, 11) is 0. The maximum absolute atomic E-state index is 12.3. The van der Waals surface area contributed by atoms with Crippen LogP contribution in [0.25, 0.3) is 0 Å². The van der Waals surface area contributed by atoms with Gasteiger partial charge < -0.3 is 10.1 Å². The molecule has 1 atom stereocenters. The van der Waals surface area contributed by atoms with E-state index in [1.54, 1.807) is 12.1 Å². The van der Waals surface area contributed by atoms with Crippen LogP contribution >= 0.6 is 23.2 Å². The minimum Gasteiger partial charge on any atom is -0.483 e. The molecule has 0 bridgehead atoms. The second kappa shape index (κ2) is 9.63. The van der Waals surface area contributed by atoms with Crippen LogP contribution in [-0.2, 0) is 11.2 Å². The Labute approximate surface area is 175 Å². The molecule has 0 aliphatic rings. The maximum Gasteiger partial charge on any atom is 0.258 e. The van der Waals surface area contributed by atoms with Crippen molar-refractivity contribution in [2.75, 3.05) is 6.61 Å². The number of hydrogen-bond donors (Lipinski definition) is 1. The molecule has 3 nitrogen and oxygen atoms in total. The van der Waals surface area contributed by atoms with E-state index in [-0.39, 0.29) is 18.6 Å². The lowest BCUT2D eigenvalue weighted by Crippen LogP contribution is -2.31. The fourth-order valence-electron chi connectivity index (χ4n) is 2.96. The van der Waals surface area contributed by atoms with Crippen LogP contribution in [0.5, 0.6) is 5.75 Å². The highest BCUT2D eigenvalue weighted by atomic mass is 35.5. The molecule has 1 N–H and O–H groups in total. The number of ether oxygens (including phenoxy) is 1. The lowest BCUT2D eigenvalue weighted by atomic mass is 10.0. The first-order valence-electron chi connectivity index (χ1n) is 9.02. The molecule has 0 unspecified atom stereocenters. The summed E-state index contributed by atoms with van der Waals surface area (Å²) >= 11 is 12.1. The first-order valence-corrected chi connectivity index (χ1v) is 9.77. The van der Waals surface area contributed by atoms with Crippen molar-refractivity contribution in [2.45, 2.75) is 19.4 Å². The highest BCUT2D eigenvalue weighted by molar-refractivity contribution is 6.35. The van der Waals surface area contributed by atoms with Gasteiger partial charge in [-0.15, -0.1) is 0 Å². The van der Waals surface area contributed by atoms with Crippen LogP contribution in [-0.4, -0.2) is 12.5 Å². The molecule has 0 heterocycles. The third-order valence-corrected chi connectivity index (χ3v) is 4.94. The number of benzene rings is 3. The van der Waals surface area contributed by atoms with Gasteiger partial charge in [-0.2, -0.15) is 0 Å². The normalized spacial score (nSPS) is 11.7. The van der Waals surface area contributed by atoms with Gasteiger partial charge in [-0.05, 0) is 41.8 Å². The van der Waals surface area contributed by atoms with E-state index in [4.69, 9.17) is 27.9 Å². The Bertz CT molecular complexity index is 944. The van der Waals surface area contributed by atoms with E-state index in [0.717, 1.165) is 17.5 Å². The van der Waals surface area contributed by atoms with Crippen molar-refractivity contribution in [1.29, 1.82) is 0 Å². The van der Waals surface area contributed by atoms with Crippen molar-refractivity contribution in [1.82, 2.24) is 5.32 Å². The highest BCUT2D eigenvalue weighted by Crippen LogP contribution is 2.26. The summed E-state index contributed by atoms with van der Waals surface area (Å²) in [5, 5.41) is 3.99. The smallest absolute Gasteiger partial charge is 0.258 e. The number of rotatable bonds is 7. The fraction of sp³-hybridized carbons (Fsp3) is 0.174. The van der Waals surface area contributed by atoms with Crippen molar-refractivity contribution >= 4 is 29.1 Å². The van der Waals surface area contributed by atoms with Crippen molar-refractivity contribution in [3.63, 3.8) is 0 Å². The van der Waals surface area contributed by atoms with Gasteiger partial charge in [0.05, 0.1) is 6.04 Å². The predicted octanol–water partition coefficient (Wildman–Crippen LogP) is 5.84. The molecule has 3 aromatic rings. The van der Waals surface area contributed by atoms with Gasteiger partial charge in [0.25, 0.3) is 5.91 Å². The molecule has 0 saturated heterocycles. The van der Waals surface area contributed by atoms with Crippen LogP contribution in [0.2, 0.25) is 10.0 Å². The van der Waals surface area contributed by atoms with E-state index in [1.807, 2.05) is 55.5 Å². The molecular weight excluding hydrogens is 393 g/mol. The average Bonchev–Trinajstić information content (AvgIpc) is 2.68. The second-order valence-corrected chi connectivity index (χ2v) is 7.36. The van der Waals surface area contributed by atoms with Gasteiger partial charge in [-0.1, -0.05) is 77.8 Å². The molecule has 3 rings (SSSR count). The molecule has 0 spiro atoms. The van der Waals surface area contributed by atoms with Gasteiger partial charge in [0, 0.05) is 16.5 Å². The number of halogens is 2. The number of hydrogen-bond acceptors (Lipinski definition) is 2. The van der Waals surface area contributed by atoms with Gasteiger partial charge in [0.2, 0.25) is 0 Å². The minimum atomic E-state index is -0.250. The molecule has 0 saturated carbocycles. The van der Waals surface area contributed by atoms with Gasteiger partial charge in [-0.25, -0.2) is 0 Å². The molecule has 5 heteroatoms. The first-order chi connectivity index (χ1) is 13.5. The molecule has 3 aromatic carbocycles. The zero-order valence-corrected chi connectivity index (χ0v) is 17.0. The molecular formula is C23H21Cl2NO2. The largest absolute Gasteiger partial charge is 0.483 e. The highest BCUT2D eigenvalue weighted by Gasteiger charge is 2.14. The lowest BCUT2D eigenvalue weighted by Gasteiger charge is -2.17. The molecule has 0 aliphatic heterocycles. The standard InChI is InChI=1S/C23H21Cl2NO2/c1-16(20-12-11-19(24)14-21(20)25)26-23(27)15-28-22-10-6-5-9-18(22)13-17-7-3-2-4-8-17/h2-12,14,16H,13,15H2,1H3,(H,26,27)/t16-/m1/s1. The Kier molecular flexibility index (Phi) is 6.96. The monoisotopic (exact) mass is 413 g/mol. The van der Waals surface area contributed by atoms with Gasteiger partial charge in [-0.3, -0.25) is 4.79 Å². The van der Waals surface area contributed by atoms with Crippen molar-refractivity contribution < 1.29 is 9.53 Å². The van der Waals surface area contributed by atoms with E-state index in [2.05, 4.69) is 17.4 Å². The third kappa shape index (κ3) is 5.51. The Hall–Kier alpha value is -2.49. The first kappa shape index (κ1) is 20.2. The van der Waals surface area contributed by atoms with Crippen molar-refractivity contribution in [3.05, 3.63) is 99.5 Å². The Morgan fingerprint density at radius 1 is 1.00 bits per heavy atom. The molecule has 0 aliphatic carbocycles. The summed E-state index contributed by atoms with van der Waals surface area (Å²) in [6.07, 6.45) is 0.745. The molecule has 0 fully saturated rings. The number of carbonyl (C=O) groups excluding carboxylic acids is 1. The number of carbonyl (C=O) groups is 1. The Morgan fingerprint density at radius 2 is 1.71 bits per heavy atom. The van der Waals surface area contributed by atoms with Gasteiger partial charge in [0.1, 0.15) is 5.75 Å². The summed E-state index contributed by atoms with van der Waals surface area (Å²) < 4.78 is 5.79. The summed E-state index contributed by atoms with van der Waals surface area (Å²) in [5.74, 6) is 0.492. The van der Waals surface area contributed by atoms with Crippen molar-refractivity contribution in [3.8, 4) is 5.75 Å². The van der Waals surface area contributed by atoms with E-state index >= 15 is 0 Å². The Balaban J connectivity index is 1.60. The topological polar surface area (TPSA) is 38.3 Å². The summed E-state index contributed by atoms with van der Waals surface area (Å²) in [6, 6.07) is 22.9. The third-order valence-electron chi connectivity index (χ3n) is 4.38. The van der Waals surface area contributed by atoms with Crippen LogP contribution in [0.4, 0.5) is 0 Å². The van der Waals surface area contributed by atoms with E-state index in [9.17, 15) is 4.79 Å². The van der Waals surface area contributed by atoms with Crippen LogP contribution in [0.1, 0.15) is 29.7 Å². The summed E-state index contributed by atoms with van der Waals surface area (Å²) in [4.78, 5) is 12.3. The number of nitrogens with one attached hydrogen (secondary N) is 1. The van der Waals surface area contributed by atoms with Crippen LogP contribution in [0, 0.1) is 0 Å². The molecule has 144 valence electrons. The summed E-state index contributed by atoms with van der Waals surface area (Å²) in [6.45, 7) is 1.80. The number of amides is 1. The van der Waals surface area contributed by atoms with Gasteiger partial charge >= 0.3 is 0 Å². The molecule has 0 radical (unpaired) electrons. The predicted molar refractivity (Wildman–Crippen MR) is 114 cm³/mol. The zero-order valence-electron chi connectivity index (χ0n) is 15.5. The summed E-state index contributed by atoms with van der Waals surface area (Å²) in [5.41, 5.74) is 3.04. The van der Waals surface area contributed by atoms with E-state index in [0.29, 0.717) is 15.8 Å². The van der Waals surface area contributed by atoms with Crippen LogP contribution in [0.3, 0.4) is 0 Å².